The molecule has 10 heavy (non-hydrogen) atoms. The van der Waals surface area contributed by atoms with E-state index in [-0.39, 0.29) is 5.82 Å². The summed E-state index contributed by atoms with van der Waals surface area (Å²) in [5.41, 5.74) is 0. The Hall–Kier alpha value is 0.238. The van der Waals surface area contributed by atoms with E-state index < -0.39 is 15.7 Å². The third-order valence-electron chi connectivity index (χ3n) is 1.03. The molecule has 0 unspecified atom stereocenters. The Morgan fingerprint density at radius 1 is 1.50 bits per heavy atom. The van der Waals surface area contributed by atoms with Gasteiger partial charge in [0.25, 0.3) is 0 Å². The van der Waals surface area contributed by atoms with Crippen molar-refractivity contribution in [3.63, 3.8) is 0 Å². The predicted molar refractivity (Wildman–Crippen MR) is 45.2 cm³/mol. The van der Waals surface area contributed by atoms with Crippen LogP contribution >= 0.6 is 22.6 Å². The molecule has 4 heteroatoms. The van der Waals surface area contributed by atoms with E-state index in [1.807, 2.05) is 22.6 Å². The van der Waals surface area contributed by atoms with Gasteiger partial charge in [-0.05, 0) is 0 Å². The first kappa shape index (κ1) is 8.34. The summed E-state index contributed by atoms with van der Waals surface area (Å²) in [6.45, 7) is 0. The Bertz CT molecular complexity index is 264. The topological polar surface area (TPSA) is 17.1 Å². The van der Waals surface area contributed by atoms with Crippen LogP contribution in [0.2, 0.25) is 0 Å². The molecule has 0 aliphatic carbocycles. The summed E-state index contributed by atoms with van der Waals surface area (Å²) in [7, 11) is 0. The van der Waals surface area contributed by atoms with E-state index in [9.17, 15) is 8.13 Å². The van der Waals surface area contributed by atoms with Crippen molar-refractivity contribution in [1.29, 1.82) is 0 Å². The van der Waals surface area contributed by atoms with Gasteiger partial charge in [-0.2, -0.15) is 0 Å². The molecule has 1 aromatic rings. The second-order valence-corrected chi connectivity index (χ2v) is 4.14. The number of benzene rings is 1. The summed E-state index contributed by atoms with van der Waals surface area (Å²) in [6.07, 6.45) is 0. The van der Waals surface area contributed by atoms with Crippen LogP contribution in [0.15, 0.2) is 18.2 Å². The molecule has 0 radical (unpaired) electrons. The quantitative estimate of drug-likeness (QED) is 0.561. The maximum atomic E-state index is 12.6. The van der Waals surface area contributed by atoms with E-state index in [0.29, 0.717) is 7.92 Å². The molecule has 0 amide bonds. The van der Waals surface area contributed by atoms with Gasteiger partial charge in [0.1, 0.15) is 0 Å². The van der Waals surface area contributed by atoms with Crippen LogP contribution in [0.1, 0.15) is 0 Å². The fourth-order valence-corrected chi connectivity index (χ4v) is 2.13. The van der Waals surface area contributed by atoms with E-state index in [1.54, 1.807) is 12.1 Å². The summed E-state index contributed by atoms with van der Waals surface area (Å²) in [6, 6.07) is 4.61. The average molecular weight is 312 g/mol. The van der Waals surface area contributed by atoms with Gasteiger partial charge in [0.05, 0.1) is 0 Å². The van der Waals surface area contributed by atoms with Crippen molar-refractivity contribution in [3.8, 4) is 0 Å². The zero-order valence-corrected chi connectivity index (χ0v) is 8.88. The molecule has 0 saturated heterocycles. The van der Waals surface area contributed by atoms with Crippen molar-refractivity contribution in [1.82, 2.24) is 0 Å². The maximum absolute atomic E-state index is 12.6. The molecular weight excluding hydrogens is 309 g/mol. The first-order valence-electron chi connectivity index (χ1n) is 2.53. The molecule has 0 aliphatic heterocycles. The third kappa shape index (κ3) is 1.64. The van der Waals surface area contributed by atoms with Crippen molar-refractivity contribution in [2.24, 2.45) is 0 Å². The Balaban J connectivity index is 3.27. The zero-order valence-electron chi connectivity index (χ0n) is 4.84. The van der Waals surface area contributed by atoms with Crippen LogP contribution in [0.5, 0.6) is 0 Å². The van der Waals surface area contributed by atoms with Crippen LogP contribution in [-0.2, 0) is 3.74 Å². The van der Waals surface area contributed by atoms with E-state index in [4.69, 9.17) is 0 Å². The SMILES string of the molecule is O=[As]c1cccc(F)c1I. The van der Waals surface area contributed by atoms with Gasteiger partial charge in [-0.25, -0.2) is 0 Å². The van der Waals surface area contributed by atoms with Crippen molar-refractivity contribution < 1.29 is 8.13 Å². The van der Waals surface area contributed by atoms with Crippen LogP contribution in [0, 0.1) is 9.39 Å². The normalized spacial score (nSPS) is 10.2. The van der Waals surface area contributed by atoms with Gasteiger partial charge in [0, 0.05) is 0 Å². The molecule has 0 fully saturated rings. The fraction of sp³-hybridized carbons (Fsp3) is 0. The fourth-order valence-electron chi connectivity index (χ4n) is 0.563. The van der Waals surface area contributed by atoms with E-state index >= 15 is 0 Å². The second-order valence-electron chi connectivity index (χ2n) is 1.66. The van der Waals surface area contributed by atoms with Crippen molar-refractivity contribution in [2.45, 2.75) is 0 Å². The minimum absolute atomic E-state index is 0.288. The predicted octanol–water partition coefficient (Wildman–Crippen LogP) is 1.11. The van der Waals surface area contributed by atoms with Gasteiger partial charge in [-0.15, -0.1) is 0 Å². The average Bonchev–Trinajstić information content (AvgIpc) is 1.95. The first-order chi connectivity index (χ1) is 4.75. The third-order valence-corrected chi connectivity index (χ3v) is 4.25. The molecule has 0 bridgehead atoms. The van der Waals surface area contributed by atoms with Crippen LogP contribution in [0.3, 0.4) is 0 Å². The Morgan fingerprint density at radius 2 is 2.20 bits per heavy atom. The molecule has 0 atom stereocenters. The Kier molecular flexibility index (Phi) is 2.98. The van der Waals surface area contributed by atoms with Crippen LogP contribution < -0.4 is 4.35 Å². The van der Waals surface area contributed by atoms with E-state index in [0.717, 1.165) is 0 Å². The first-order valence-corrected chi connectivity index (χ1v) is 5.31. The molecule has 1 nitrogen and oxygen atoms in total. The second kappa shape index (κ2) is 3.58. The molecule has 0 spiro atoms. The van der Waals surface area contributed by atoms with Crippen LogP contribution in [-0.4, -0.2) is 15.7 Å². The summed E-state index contributed by atoms with van der Waals surface area (Å²) in [5.74, 6) is -0.288. The standard InChI is InChI=1S/C6H3AsFIO/c8-5-3-1-2-4(7-10)6(5)9/h1-3H. The number of hydrogen-bond acceptors (Lipinski definition) is 1. The molecule has 1 aromatic carbocycles. The van der Waals surface area contributed by atoms with Crippen molar-refractivity contribution >= 4 is 42.6 Å². The Labute approximate surface area is 78.1 Å². The molecule has 0 aliphatic rings. The van der Waals surface area contributed by atoms with E-state index in [2.05, 4.69) is 0 Å². The number of rotatable bonds is 1. The summed E-state index contributed by atoms with van der Waals surface area (Å²) in [4.78, 5) is 0. The van der Waals surface area contributed by atoms with Gasteiger partial charge in [0.15, 0.2) is 0 Å². The van der Waals surface area contributed by atoms with Gasteiger partial charge in [-0.1, -0.05) is 0 Å². The number of hydrogen-bond donors (Lipinski definition) is 0. The minimum atomic E-state index is -1.10. The number of halogens is 2. The monoisotopic (exact) mass is 312 g/mol. The van der Waals surface area contributed by atoms with Gasteiger partial charge >= 0.3 is 78.3 Å². The summed E-state index contributed by atoms with van der Waals surface area (Å²) < 4.78 is 24.2. The van der Waals surface area contributed by atoms with Gasteiger partial charge in [-0.3, -0.25) is 0 Å². The molecule has 0 saturated carbocycles. The molecule has 1 rings (SSSR count). The van der Waals surface area contributed by atoms with Crippen molar-refractivity contribution in [2.75, 3.05) is 0 Å². The molecule has 0 aromatic heterocycles. The van der Waals surface area contributed by atoms with E-state index in [1.165, 1.54) is 6.07 Å². The molecular formula is C6H3AsFIO. The molecule has 0 heterocycles. The Morgan fingerprint density at radius 3 is 2.70 bits per heavy atom. The summed E-state index contributed by atoms with van der Waals surface area (Å²) >= 11 is 0.756. The van der Waals surface area contributed by atoms with Crippen molar-refractivity contribution in [3.05, 3.63) is 27.6 Å². The van der Waals surface area contributed by atoms with Crippen LogP contribution in [0.4, 0.5) is 4.39 Å². The zero-order chi connectivity index (χ0) is 7.56. The molecule has 52 valence electrons. The van der Waals surface area contributed by atoms with Gasteiger partial charge in [0.2, 0.25) is 0 Å². The van der Waals surface area contributed by atoms with Crippen LogP contribution in [0.25, 0.3) is 0 Å². The van der Waals surface area contributed by atoms with Gasteiger partial charge < -0.3 is 0 Å². The summed E-state index contributed by atoms with van der Waals surface area (Å²) in [5, 5.41) is 0. The molecule has 0 N–H and O–H groups in total.